The first-order valence-electron chi connectivity index (χ1n) is 4.09. The van der Waals surface area contributed by atoms with Gasteiger partial charge in [0.15, 0.2) is 0 Å². The molecule has 0 radical (unpaired) electrons. The van der Waals surface area contributed by atoms with Crippen LogP contribution in [0.4, 0.5) is 5.69 Å². The third kappa shape index (κ3) is 1.67. The molecular weight excluding hydrogens is 146 g/mol. The van der Waals surface area contributed by atoms with Crippen molar-refractivity contribution in [2.24, 2.45) is 0 Å². The van der Waals surface area contributed by atoms with Crippen LogP contribution in [0.2, 0.25) is 0 Å². The van der Waals surface area contributed by atoms with E-state index in [-0.39, 0.29) is 0 Å². The standard InChI is InChI=1S/C11H15N/c1-8(2)10-7-9(3)5-6-11(10)12-4/h5-7,12H,1H2,2-4H3. The summed E-state index contributed by atoms with van der Waals surface area (Å²) < 4.78 is 0. The summed E-state index contributed by atoms with van der Waals surface area (Å²) in [6, 6.07) is 6.33. The quantitative estimate of drug-likeness (QED) is 0.703. The van der Waals surface area contributed by atoms with E-state index in [1.54, 1.807) is 0 Å². The van der Waals surface area contributed by atoms with Crippen molar-refractivity contribution in [1.82, 2.24) is 0 Å². The lowest BCUT2D eigenvalue weighted by Gasteiger charge is -2.09. The van der Waals surface area contributed by atoms with Gasteiger partial charge < -0.3 is 5.32 Å². The molecule has 0 fully saturated rings. The Hall–Kier alpha value is -1.24. The molecule has 0 aliphatic carbocycles. The number of aryl methyl sites for hydroxylation is 1. The molecule has 1 aromatic rings. The Kier molecular flexibility index (Phi) is 2.54. The Balaban J connectivity index is 3.21. The summed E-state index contributed by atoms with van der Waals surface area (Å²) in [5.41, 5.74) is 4.72. The zero-order valence-corrected chi connectivity index (χ0v) is 7.94. The second kappa shape index (κ2) is 3.44. The molecule has 0 atom stereocenters. The summed E-state index contributed by atoms with van der Waals surface area (Å²) in [6.45, 7) is 8.05. The molecule has 1 nitrogen and oxygen atoms in total. The van der Waals surface area contributed by atoms with E-state index >= 15 is 0 Å². The van der Waals surface area contributed by atoms with E-state index < -0.39 is 0 Å². The normalized spacial score (nSPS) is 9.58. The van der Waals surface area contributed by atoms with Crippen LogP contribution in [0.25, 0.3) is 5.57 Å². The Bertz CT molecular complexity index is 300. The highest BCUT2D eigenvalue weighted by atomic mass is 14.8. The SMILES string of the molecule is C=C(C)c1cc(C)ccc1NC. The second-order valence-corrected chi connectivity index (χ2v) is 3.08. The Morgan fingerprint density at radius 3 is 2.58 bits per heavy atom. The monoisotopic (exact) mass is 161 g/mol. The smallest absolute Gasteiger partial charge is 0.0413 e. The number of benzene rings is 1. The first-order chi connectivity index (χ1) is 5.65. The highest BCUT2D eigenvalue weighted by molar-refractivity contribution is 5.74. The van der Waals surface area contributed by atoms with Gasteiger partial charge in [-0.25, -0.2) is 0 Å². The van der Waals surface area contributed by atoms with Crippen LogP contribution in [-0.2, 0) is 0 Å². The Morgan fingerprint density at radius 2 is 2.08 bits per heavy atom. The molecule has 64 valence electrons. The predicted molar refractivity (Wildman–Crippen MR) is 55.4 cm³/mol. The van der Waals surface area contributed by atoms with E-state index in [1.807, 2.05) is 14.0 Å². The number of hydrogen-bond donors (Lipinski definition) is 1. The number of allylic oxidation sites excluding steroid dienone is 1. The molecule has 0 aliphatic heterocycles. The van der Waals surface area contributed by atoms with E-state index in [2.05, 4.69) is 37.0 Å². The van der Waals surface area contributed by atoms with Crippen LogP contribution in [0.3, 0.4) is 0 Å². The summed E-state index contributed by atoms with van der Waals surface area (Å²) in [5, 5.41) is 3.14. The van der Waals surface area contributed by atoms with Crippen LogP contribution in [0.5, 0.6) is 0 Å². The molecule has 1 N–H and O–H groups in total. The summed E-state index contributed by atoms with van der Waals surface area (Å²) in [6.07, 6.45) is 0. The lowest BCUT2D eigenvalue weighted by Crippen LogP contribution is -1.93. The number of hydrogen-bond acceptors (Lipinski definition) is 1. The van der Waals surface area contributed by atoms with Gasteiger partial charge in [-0.3, -0.25) is 0 Å². The predicted octanol–water partition coefficient (Wildman–Crippen LogP) is 3.07. The van der Waals surface area contributed by atoms with Crippen molar-refractivity contribution in [3.63, 3.8) is 0 Å². The van der Waals surface area contributed by atoms with Gasteiger partial charge in [0, 0.05) is 18.3 Å². The molecule has 0 heterocycles. The van der Waals surface area contributed by atoms with Crippen molar-refractivity contribution in [2.45, 2.75) is 13.8 Å². The molecule has 1 rings (SSSR count). The fraction of sp³-hybridized carbons (Fsp3) is 0.273. The summed E-state index contributed by atoms with van der Waals surface area (Å²) >= 11 is 0. The molecule has 0 saturated carbocycles. The maximum absolute atomic E-state index is 3.94. The van der Waals surface area contributed by atoms with Crippen molar-refractivity contribution < 1.29 is 0 Å². The average molecular weight is 161 g/mol. The zero-order chi connectivity index (χ0) is 9.14. The highest BCUT2D eigenvalue weighted by Crippen LogP contribution is 2.22. The lowest BCUT2D eigenvalue weighted by molar-refractivity contribution is 1.40. The largest absolute Gasteiger partial charge is 0.388 e. The number of rotatable bonds is 2. The van der Waals surface area contributed by atoms with E-state index in [4.69, 9.17) is 0 Å². The molecule has 0 spiro atoms. The van der Waals surface area contributed by atoms with Crippen molar-refractivity contribution in [1.29, 1.82) is 0 Å². The van der Waals surface area contributed by atoms with Gasteiger partial charge in [-0.05, 0) is 31.6 Å². The topological polar surface area (TPSA) is 12.0 Å². The van der Waals surface area contributed by atoms with Crippen LogP contribution in [0, 0.1) is 6.92 Å². The first kappa shape index (κ1) is 8.85. The van der Waals surface area contributed by atoms with E-state index in [0.29, 0.717) is 0 Å². The van der Waals surface area contributed by atoms with Crippen LogP contribution >= 0.6 is 0 Å². The molecule has 12 heavy (non-hydrogen) atoms. The van der Waals surface area contributed by atoms with Crippen LogP contribution in [0.1, 0.15) is 18.1 Å². The minimum absolute atomic E-state index is 1.10. The lowest BCUT2D eigenvalue weighted by atomic mass is 10.0. The molecule has 0 unspecified atom stereocenters. The molecule has 0 saturated heterocycles. The summed E-state index contributed by atoms with van der Waals surface area (Å²) in [4.78, 5) is 0. The third-order valence-electron chi connectivity index (χ3n) is 1.90. The molecule has 0 aromatic heterocycles. The van der Waals surface area contributed by atoms with Gasteiger partial charge in [0.2, 0.25) is 0 Å². The van der Waals surface area contributed by atoms with Gasteiger partial charge >= 0.3 is 0 Å². The van der Waals surface area contributed by atoms with Gasteiger partial charge in [-0.1, -0.05) is 18.2 Å². The number of nitrogens with one attached hydrogen (secondary N) is 1. The Labute approximate surface area is 74.1 Å². The maximum atomic E-state index is 3.94. The first-order valence-corrected chi connectivity index (χ1v) is 4.09. The highest BCUT2D eigenvalue weighted by Gasteiger charge is 2.00. The van der Waals surface area contributed by atoms with Crippen molar-refractivity contribution >= 4 is 11.3 Å². The molecule has 1 aromatic carbocycles. The second-order valence-electron chi connectivity index (χ2n) is 3.08. The average Bonchev–Trinajstić information content (AvgIpc) is 2.04. The van der Waals surface area contributed by atoms with E-state index in [1.165, 1.54) is 11.1 Å². The van der Waals surface area contributed by atoms with E-state index in [0.717, 1.165) is 11.3 Å². The summed E-state index contributed by atoms with van der Waals surface area (Å²) in [5.74, 6) is 0. The van der Waals surface area contributed by atoms with Crippen molar-refractivity contribution in [3.8, 4) is 0 Å². The zero-order valence-electron chi connectivity index (χ0n) is 7.94. The number of anilines is 1. The Morgan fingerprint density at radius 1 is 1.42 bits per heavy atom. The van der Waals surface area contributed by atoms with Gasteiger partial charge in [0.25, 0.3) is 0 Å². The molecule has 1 heteroatoms. The minimum Gasteiger partial charge on any atom is -0.388 e. The summed E-state index contributed by atoms with van der Waals surface area (Å²) in [7, 11) is 1.93. The molecule has 0 amide bonds. The van der Waals surface area contributed by atoms with Crippen molar-refractivity contribution in [2.75, 3.05) is 12.4 Å². The molecule has 0 aliphatic rings. The molecular formula is C11H15N. The maximum Gasteiger partial charge on any atom is 0.0413 e. The molecule has 0 bridgehead atoms. The van der Waals surface area contributed by atoms with Crippen molar-refractivity contribution in [3.05, 3.63) is 35.9 Å². The van der Waals surface area contributed by atoms with Crippen LogP contribution < -0.4 is 5.32 Å². The van der Waals surface area contributed by atoms with Crippen LogP contribution in [0.15, 0.2) is 24.8 Å². The van der Waals surface area contributed by atoms with Gasteiger partial charge in [0.1, 0.15) is 0 Å². The fourth-order valence-electron chi connectivity index (χ4n) is 1.23. The minimum atomic E-state index is 1.10. The van der Waals surface area contributed by atoms with Gasteiger partial charge in [-0.2, -0.15) is 0 Å². The van der Waals surface area contributed by atoms with Gasteiger partial charge in [0.05, 0.1) is 0 Å². The van der Waals surface area contributed by atoms with E-state index in [9.17, 15) is 0 Å². The van der Waals surface area contributed by atoms with Crippen LogP contribution in [-0.4, -0.2) is 7.05 Å². The third-order valence-corrected chi connectivity index (χ3v) is 1.90. The van der Waals surface area contributed by atoms with Gasteiger partial charge in [-0.15, -0.1) is 0 Å². The fourth-order valence-corrected chi connectivity index (χ4v) is 1.23.